The van der Waals surface area contributed by atoms with E-state index >= 15 is 0 Å². The Morgan fingerprint density at radius 3 is 0.309 bits per heavy atom. The highest BCUT2D eigenvalue weighted by Crippen LogP contribution is 2.61. The molecule has 0 bridgehead atoms. The van der Waals surface area contributed by atoms with Crippen LogP contribution in [0.1, 0.15) is 407 Å². The second-order valence-corrected chi connectivity index (χ2v) is 28.2. The van der Waals surface area contributed by atoms with Crippen molar-refractivity contribution in [2.75, 3.05) is 24.6 Å². The van der Waals surface area contributed by atoms with E-state index in [0.717, 1.165) is 0 Å². The molecule has 0 heterocycles. The smallest absolute Gasteiger partial charge is 0.0594 e. The summed E-state index contributed by atoms with van der Waals surface area (Å²) >= 11 is 0. The first-order valence-corrected chi connectivity index (χ1v) is 36.1. The third-order valence-corrected chi connectivity index (χ3v) is 21.8. The Morgan fingerprint density at radius 2 is 0.206 bits per heavy atom. The lowest BCUT2D eigenvalue weighted by atomic mass is 10.0. The highest BCUT2D eigenvalue weighted by atomic mass is 31.2. The van der Waals surface area contributed by atoms with Crippen LogP contribution in [0.2, 0.25) is 0 Å². The van der Waals surface area contributed by atoms with Crippen molar-refractivity contribution in [3.8, 4) is 0 Å². The molecular formula is C67H138P+. The van der Waals surface area contributed by atoms with Crippen LogP contribution in [0.4, 0.5) is 0 Å². The van der Waals surface area contributed by atoms with Crippen molar-refractivity contribution in [3.63, 3.8) is 0 Å². The van der Waals surface area contributed by atoms with Crippen LogP contribution in [0.15, 0.2) is 0 Å². The lowest BCUT2D eigenvalue weighted by molar-refractivity contribution is 0.533. The summed E-state index contributed by atoms with van der Waals surface area (Å²) in [4.78, 5) is 0. The van der Waals surface area contributed by atoms with Gasteiger partial charge in [-0.25, -0.2) is 0 Å². The normalized spacial score (nSPS) is 12.0. The lowest BCUT2D eigenvalue weighted by Gasteiger charge is -2.28. The fraction of sp³-hybridized carbons (Fsp3) is 1.00. The molecule has 68 heavy (non-hydrogen) atoms. The molecule has 0 aromatic carbocycles. The van der Waals surface area contributed by atoms with Gasteiger partial charge in [0.05, 0.1) is 24.6 Å². The summed E-state index contributed by atoms with van der Waals surface area (Å²) in [6.07, 6.45) is 94.8. The van der Waals surface area contributed by atoms with Gasteiger partial charge in [0, 0.05) is 7.26 Å². The van der Waals surface area contributed by atoms with Gasteiger partial charge in [-0.1, -0.05) is 355 Å². The molecule has 0 nitrogen and oxygen atoms in total. The molecule has 0 spiro atoms. The summed E-state index contributed by atoms with van der Waals surface area (Å²) in [5.41, 5.74) is 0. The van der Waals surface area contributed by atoms with Crippen molar-refractivity contribution in [3.05, 3.63) is 0 Å². The average Bonchev–Trinajstić information content (AvgIpc) is 3.35. The van der Waals surface area contributed by atoms with Gasteiger partial charge in [-0.15, -0.1) is 0 Å². The van der Waals surface area contributed by atoms with Crippen LogP contribution in [0, 0.1) is 0 Å². The molecule has 0 N–H and O–H groups in total. The first-order valence-electron chi connectivity index (χ1n) is 33.6. The summed E-state index contributed by atoms with van der Waals surface area (Å²) in [6, 6.07) is 0. The zero-order valence-electron chi connectivity index (χ0n) is 49.0. The molecule has 0 aromatic heterocycles. The van der Waals surface area contributed by atoms with Gasteiger partial charge in [0.25, 0.3) is 0 Å². The van der Waals surface area contributed by atoms with Crippen molar-refractivity contribution >= 4 is 7.26 Å². The maximum absolute atomic E-state index is 2.34. The molecule has 1 heteroatoms. The monoisotopic (exact) mass is 974 g/mol. The van der Waals surface area contributed by atoms with E-state index in [0.29, 0.717) is 0 Å². The van der Waals surface area contributed by atoms with Crippen LogP contribution in [0.5, 0.6) is 0 Å². The van der Waals surface area contributed by atoms with Crippen LogP contribution in [0.25, 0.3) is 0 Å². The van der Waals surface area contributed by atoms with Crippen LogP contribution < -0.4 is 0 Å². The molecule has 0 amide bonds. The molecule has 0 saturated heterocycles. The predicted molar refractivity (Wildman–Crippen MR) is 321 cm³/mol. The van der Waals surface area contributed by atoms with Gasteiger partial charge < -0.3 is 0 Å². The van der Waals surface area contributed by atoms with Gasteiger partial charge in [0.1, 0.15) is 0 Å². The molecule has 410 valence electrons. The Kier molecular flexibility index (Phi) is 62.1. The van der Waals surface area contributed by atoms with Crippen molar-refractivity contribution in [2.45, 2.75) is 407 Å². The molecule has 0 aromatic rings. The fourth-order valence-corrected chi connectivity index (χ4v) is 16.7. The van der Waals surface area contributed by atoms with Gasteiger partial charge >= 0.3 is 0 Å². The number of unbranched alkanes of at least 4 members (excludes halogenated alkanes) is 55. The zero-order chi connectivity index (χ0) is 49.0. The Labute approximate surface area is 436 Å². The highest BCUT2D eigenvalue weighted by Gasteiger charge is 2.35. The third-order valence-electron chi connectivity index (χ3n) is 16.7. The highest BCUT2D eigenvalue weighted by molar-refractivity contribution is 7.75. The SMILES string of the molecule is CCCCCCCCCCCCCCCCC[P+](CCCCCCCCCCCCCCCC)(CCCCCCCCCCCCCCCCC)CCCCCCCCCCCCCCCCC. The van der Waals surface area contributed by atoms with Crippen molar-refractivity contribution in [2.24, 2.45) is 0 Å². The van der Waals surface area contributed by atoms with E-state index in [2.05, 4.69) is 27.7 Å². The van der Waals surface area contributed by atoms with Crippen LogP contribution >= 0.6 is 7.26 Å². The minimum Gasteiger partial charge on any atom is -0.0654 e. The molecule has 0 unspecified atom stereocenters. The summed E-state index contributed by atoms with van der Waals surface area (Å²) < 4.78 is 0. The second kappa shape index (κ2) is 61.7. The number of hydrogen-bond donors (Lipinski definition) is 0. The maximum Gasteiger partial charge on any atom is 0.0594 e. The first kappa shape index (κ1) is 68.4. The van der Waals surface area contributed by atoms with Crippen molar-refractivity contribution < 1.29 is 0 Å². The third kappa shape index (κ3) is 55.7. The fourth-order valence-electron chi connectivity index (χ4n) is 11.8. The summed E-state index contributed by atoms with van der Waals surface area (Å²) in [5, 5.41) is 0. The average molecular weight is 975 g/mol. The Balaban J connectivity index is 4.94. The Bertz CT molecular complexity index is 765. The van der Waals surface area contributed by atoms with Crippen LogP contribution in [-0.2, 0) is 0 Å². The molecule has 0 radical (unpaired) electrons. The number of hydrogen-bond acceptors (Lipinski definition) is 0. The summed E-state index contributed by atoms with van der Waals surface area (Å²) in [7, 11) is -0.840. The van der Waals surface area contributed by atoms with E-state index < -0.39 is 7.26 Å². The first-order chi connectivity index (χ1) is 33.7. The quantitative estimate of drug-likeness (QED) is 0.0421. The standard InChI is InChI=1S/C67H138P/c1-5-9-13-17-21-25-29-33-37-41-45-49-53-57-61-65-68(64-60-56-52-48-44-40-36-32-28-24-20-16-12-8-4,66-62-58-54-50-46-42-38-34-30-26-22-18-14-10-6-2)67-63-59-55-51-47-43-39-35-31-27-23-19-15-11-7-3/h5-67H2,1-4H3/q+1. The van der Waals surface area contributed by atoms with E-state index in [1.165, 1.54) is 353 Å². The molecule has 0 fully saturated rings. The number of rotatable bonds is 63. The van der Waals surface area contributed by atoms with E-state index in [4.69, 9.17) is 0 Å². The second-order valence-electron chi connectivity index (χ2n) is 23.7. The van der Waals surface area contributed by atoms with Crippen LogP contribution in [0.3, 0.4) is 0 Å². The maximum atomic E-state index is 2.34. The molecule has 0 rings (SSSR count). The predicted octanol–water partition coefficient (Wildman–Crippen LogP) is 26.1. The van der Waals surface area contributed by atoms with Gasteiger partial charge in [-0.2, -0.15) is 0 Å². The lowest BCUT2D eigenvalue weighted by Crippen LogP contribution is -2.13. The minimum atomic E-state index is -0.840. The summed E-state index contributed by atoms with van der Waals surface area (Å²) in [6.45, 7) is 9.34. The molecular weight excluding hydrogens is 836 g/mol. The van der Waals surface area contributed by atoms with Gasteiger partial charge in [0.15, 0.2) is 0 Å². The largest absolute Gasteiger partial charge is 0.0654 e. The molecule has 0 aliphatic carbocycles. The zero-order valence-corrected chi connectivity index (χ0v) is 49.9. The molecule has 0 saturated carbocycles. The van der Waals surface area contributed by atoms with Crippen LogP contribution in [-0.4, -0.2) is 24.6 Å². The molecule has 0 aliphatic rings. The Hall–Kier alpha value is 0.430. The Morgan fingerprint density at radius 1 is 0.118 bits per heavy atom. The molecule has 0 aliphatic heterocycles. The van der Waals surface area contributed by atoms with E-state index in [1.54, 1.807) is 50.3 Å². The van der Waals surface area contributed by atoms with E-state index in [1.807, 2.05) is 0 Å². The minimum absolute atomic E-state index is 0.840. The topological polar surface area (TPSA) is 0 Å². The molecule has 0 atom stereocenters. The van der Waals surface area contributed by atoms with E-state index in [-0.39, 0.29) is 0 Å². The summed E-state index contributed by atoms with van der Waals surface area (Å²) in [5.74, 6) is 0. The van der Waals surface area contributed by atoms with Gasteiger partial charge in [-0.3, -0.25) is 0 Å². The van der Waals surface area contributed by atoms with E-state index in [9.17, 15) is 0 Å². The van der Waals surface area contributed by atoms with Gasteiger partial charge in [0.2, 0.25) is 0 Å². The van der Waals surface area contributed by atoms with Crippen molar-refractivity contribution in [1.82, 2.24) is 0 Å². The van der Waals surface area contributed by atoms with Gasteiger partial charge in [-0.05, 0) is 51.4 Å². The van der Waals surface area contributed by atoms with Crippen molar-refractivity contribution in [1.29, 1.82) is 0 Å².